The molecule has 2 aromatic carbocycles. The monoisotopic (exact) mass is 518 g/mol. The van der Waals surface area contributed by atoms with Gasteiger partial charge in [-0.3, -0.25) is 14.3 Å². The lowest BCUT2D eigenvalue weighted by atomic mass is 9.97. The summed E-state index contributed by atoms with van der Waals surface area (Å²) < 4.78 is 61.5. The Labute approximate surface area is 210 Å². The number of carboxylic acid groups (broad SMARTS) is 1. The molecular weight excluding hydrogens is 492 g/mol. The van der Waals surface area contributed by atoms with Gasteiger partial charge in [0.25, 0.3) is 0 Å². The molecule has 6 nitrogen and oxygen atoms in total. The number of aromatic nitrogens is 2. The van der Waals surface area contributed by atoms with E-state index in [0.29, 0.717) is 5.75 Å². The second kappa shape index (κ2) is 11.1. The van der Waals surface area contributed by atoms with Gasteiger partial charge < -0.3 is 9.84 Å². The van der Waals surface area contributed by atoms with Gasteiger partial charge in [-0.15, -0.1) is 0 Å². The second-order valence-corrected chi connectivity index (χ2v) is 9.20. The van der Waals surface area contributed by atoms with Crippen molar-refractivity contribution in [1.29, 1.82) is 0 Å². The zero-order chi connectivity index (χ0) is 26.6. The van der Waals surface area contributed by atoms with Crippen molar-refractivity contribution < 1.29 is 37.0 Å². The molecule has 1 aliphatic carbocycles. The Morgan fingerprint density at radius 3 is 2.38 bits per heavy atom. The average Bonchev–Trinajstić information content (AvgIpc) is 3.53. The first-order chi connectivity index (χ1) is 17.6. The highest BCUT2D eigenvalue weighted by Crippen LogP contribution is 2.40. The minimum absolute atomic E-state index is 0.0175. The van der Waals surface area contributed by atoms with Crippen LogP contribution >= 0.6 is 0 Å². The topological polar surface area (TPSA) is 81.4 Å². The van der Waals surface area contributed by atoms with E-state index < -0.39 is 35.2 Å². The molecule has 0 saturated heterocycles. The van der Waals surface area contributed by atoms with Gasteiger partial charge >= 0.3 is 12.1 Å². The van der Waals surface area contributed by atoms with Gasteiger partial charge in [-0.2, -0.15) is 18.3 Å². The van der Waals surface area contributed by atoms with E-state index in [-0.39, 0.29) is 42.4 Å². The predicted molar refractivity (Wildman–Crippen MR) is 127 cm³/mol. The zero-order valence-electron chi connectivity index (χ0n) is 19.9. The highest BCUT2D eigenvalue weighted by molar-refractivity contribution is 5.95. The standard InChI is InChI=1S/C27H26F4N2O4/c28-18-9-11-20(12-10-18)37-16-17(14-26(35)36)13-25(34)23-15-24(33(32-23)19-5-1-2-6-19)21-7-3-4-8-22(21)27(29,30)31/h3-4,7-12,15,17,19H,1-2,5-6,13-14,16H2,(H,35,36)/t17-/m1/s1. The van der Waals surface area contributed by atoms with Crippen LogP contribution < -0.4 is 4.74 Å². The van der Waals surface area contributed by atoms with Gasteiger partial charge in [0.1, 0.15) is 17.3 Å². The highest BCUT2D eigenvalue weighted by Gasteiger charge is 2.35. The molecule has 1 atom stereocenters. The number of Topliss-reactive ketones (excluding diaryl/α,β-unsaturated/α-hetero) is 1. The summed E-state index contributed by atoms with van der Waals surface area (Å²) in [6.07, 6.45) is -1.87. The molecular formula is C27H26F4N2O4. The average molecular weight is 519 g/mol. The smallest absolute Gasteiger partial charge is 0.417 e. The molecule has 10 heteroatoms. The van der Waals surface area contributed by atoms with E-state index in [1.165, 1.54) is 53.2 Å². The molecule has 0 amide bonds. The van der Waals surface area contributed by atoms with Crippen molar-refractivity contribution in [2.24, 2.45) is 5.92 Å². The van der Waals surface area contributed by atoms with Crippen molar-refractivity contribution in [3.63, 3.8) is 0 Å². The molecule has 196 valence electrons. The lowest BCUT2D eigenvalue weighted by Crippen LogP contribution is -2.20. The van der Waals surface area contributed by atoms with E-state index in [4.69, 9.17) is 4.74 Å². The Morgan fingerprint density at radius 1 is 1.05 bits per heavy atom. The van der Waals surface area contributed by atoms with Crippen LogP contribution in [-0.2, 0) is 11.0 Å². The first-order valence-corrected chi connectivity index (χ1v) is 12.0. The van der Waals surface area contributed by atoms with Crippen LogP contribution in [0.4, 0.5) is 17.6 Å². The van der Waals surface area contributed by atoms with Gasteiger partial charge in [-0.1, -0.05) is 31.0 Å². The largest absolute Gasteiger partial charge is 0.493 e. The SMILES string of the molecule is O=C(O)C[C@H](COc1ccc(F)cc1)CC(=O)c1cc(-c2ccccc2C(F)(F)F)n(C2CCCC2)n1. The fourth-order valence-corrected chi connectivity index (χ4v) is 4.66. The fraction of sp³-hybridized carbons (Fsp3) is 0.370. The van der Waals surface area contributed by atoms with Crippen LogP contribution in [-0.4, -0.2) is 33.2 Å². The summed E-state index contributed by atoms with van der Waals surface area (Å²) in [5.41, 5.74) is -0.684. The maximum atomic E-state index is 13.8. The summed E-state index contributed by atoms with van der Waals surface area (Å²) in [5.74, 6) is -2.48. The first-order valence-electron chi connectivity index (χ1n) is 12.0. The molecule has 37 heavy (non-hydrogen) atoms. The number of benzene rings is 2. The van der Waals surface area contributed by atoms with E-state index in [2.05, 4.69) is 5.10 Å². The fourth-order valence-electron chi connectivity index (χ4n) is 4.66. The van der Waals surface area contributed by atoms with Crippen molar-refractivity contribution in [3.8, 4) is 17.0 Å². The number of alkyl halides is 3. The van der Waals surface area contributed by atoms with E-state index in [0.717, 1.165) is 31.7 Å². The van der Waals surface area contributed by atoms with E-state index in [1.54, 1.807) is 0 Å². The van der Waals surface area contributed by atoms with Crippen molar-refractivity contribution in [2.75, 3.05) is 6.61 Å². The van der Waals surface area contributed by atoms with Crippen LogP contribution in [0.25, 0.3) is 11.3 Å². The third-order valence-electron chi connectivity index (χ3n) is 6.44. The number of nitrogens with zero attached hydrogens (tertiary/aromatic N) is 2. The van der Waals surface area contributed by atoms with Crippen LogP contribution in [0.3, 0.4) is 0 Å². The molecule has 0 bridgehead atoms. The predicted octanol–water partition coefficient (Wildman–Crippen LogP) is 6.57. The number of hydrogen-bond donors (Lipinski definition) is 1. The molecule has 0 unspecified atom stereocenters. The van der Waals surface area contributed by atoms with E-state index in [1.807, 2.05) is 0 Å². The minimum atomic E-state index is -4.59. The van der Waals surface area contributed by atoms with Crippen molar-refractivity contribution >= 4 is 11.8 Å². The molecule has 1 N–H and O–H groups in total. The van der Waals surface area contributed by atoms with Crippen LogP contribution in [0, 0.1) is 11.7 Å². The molecule has 1 saturated carbocycles. The molecule has 1 fully saturated rings. The van der Waals surface area contributed by atoms with Crippen molar-refractivity contribution in [2.45, 2.75) is 50.7 Å². The quantitative estimate of drug-likeness (QED) is 0.243. The summed E-state index contributed by atoms with van der Waals surface area (Å²) in [5, 5.41) is 13.7. The van der Waals surface area contributed by atoms with E-state index in [9.17, 15) is 32.3 Å². The third kappa shape index (κ3) is 6.55. The molecule has 0 radical (unpaired) electrons. The molecule has 1 heterocycles. The maximum Gasteiger partial charge on any atom is 0.417 e. The summed E-state index contributed by atoms with van der Waals surface area (Å²) in [6, 6.07) is 11.6. The number of carboxylic acids is 1. The Morgan fingerprint density at radius 2 is 1.73 bits per heavy atom. The minimum Gasteiger partial charge on any atom is -0.493 e. The molecule has 0 spiro atoms. The van der Waals surface area contributed by atoms with Gasteiger partial charge in [-0.05, 0) is 49.2 Å². The Balaban J connectivity index is 1.61. The Kier molecular flexibility index (Phi) is 7.94. The number of carbonyl (C=O) groups is 2. The normalized spacial score (nSPS) is 15.0. The zero-order valence-corrected chi connectivity index (χ0v) is 19.9. The number of aliphatic carboxylic acids is 1. The Bertz CT molecular complexity index is 1250. The van der Waals surface area contributed by atoms with Gasteiger partial charge in [0, 0.05) is 17.9 Å². The molecule has 3 aromatic rings. The van der Waals surface area contributed by atoms with Gasteiger partial charge in [-0.25, -0.2) is 4.39 Å². The Hall–Kier alpha value is -3.69. The number of carbonyl (C=O) groups excluding carboxylic acids is 1. The lowest BCUT2D eigenvalue weighted by molar-refractivity contribution is -0.138. The maximum absolute atomic E-state index is 13.8. The highest BCUT2D eigenvalue weighted by atomic mass is 19.4. The molecule has 4 rings (SSSR count). The van der Waals surface area contributed by atoms with E-state index >= 15 is 0 Å². The second-order valence-electron chi connectivity index (χ2n) is 9.20. The number of ether oxygens (including phenoxy) is 1. The van der Waals surface area contributed by atoms with Crippen LogP contribution in [0.2, 0.25) is 0 Å². The number of ketones is 1. The first kappa shape index (κ1) is 26.4. The summed E-state index contributed by atoms with van der Waals surface area (Å²) in [6.45, 7) is -0.114. The number of halogens is 4. The summed E-state index contributed by atoms with van der Waals surface area (Å²) in [7, 11) is 0. The van der Waals surface area contributed by atoms with Crippen molar-refractivity contribution in [3.05, 3.63) is 71.7 Å². The van der Waals surface area contributed by atoms with Crippen molar-refractivity contribution in [1.82, 2.24) is 9.78 Å². The van der Waals surface area contributed by atoms with Gasteiger partial charge in [0.15, 0.2) is 5.78 Å². The number of hydrogen-bond acceptors (Lipinski definition) is 4. The lowest BCUT2D eigenvalue weighted by Gasteiger charge is -2.17. The van der Waals surface area contributed by atoms with Crippen LogP contribution in [0.1, 0.15) is 60.6 Å². The van der Waals surface area contributed by atoms with Gasteiger partial charge in [0.2, 0.25) is 0 Å². The number of rotatable bonds is 10. The van der Waals surface area contributed by atoms with Gasteiger partial charge in [0.05, 0.1) is 30.3 Å². The van der Waals surface area contributed by atoms with Crippen LogP contribution in [0.5, 0.6) is 5.75 Å². The third-order valence-corrected chi connectivity index (χ3v) is 6.44. The van der Waals surface area contributed by atoms with Crippen LogP contribution in [0.15, 0.2) is 54.6 Å². The molecule has 1 aromatic heterocycles. The summed E-state index contributed by atoms with van der Waals surface area (Å²) in [4.78, 5) is 24.6. The molecule has 1 aliphatic rings. The molecule has 0 aliphatic heterocycles. The summed E-state index contributed by atoms with van der Waals surface area (Å²) >= 11 is 0.